The highest BCUT2D eigenvalue weighted by molar-refractivity contribution is 5.38. The largest absolute Gasteiger partial charge is 0.188 e. The second-order valence-corrected chi connectivity index (χ2v) is 7.24. The maximum absolute atomic E-state index is 4.55. The summed E-state index contributed by atoms with van der Waals surface area (Å²) in [5, 5.41) is 8.98. The summed E-state index contributed by atoms with van der Waals surface area (Å²) < 4.78 is 0. The summed E-state index contributed by atoms with van der Waals surface area (Å²) in [6, 6.07) is 4.50. The van der Waals surface area contributed by atoms with Crippen molar-refractivity contribution in [2.75, 3.05) is 0 Å². The minimum absolute atomic E-state index is 0.103. The summed E-state index contributed by atoms with van der Waals surface area (Å²) >= 11 is 0. The molecule has 0 fully saturated rings. The van der Waals surface area contributed by atoms with Gasteiger partial charge in [0.2, 0.25) is 0 Å². The van der Waals surface area contributed by atoms with E-state index in [0.29, 0.717) is 0 Å². The molecule has 0 aliphatic rings. The number of benzene rings is 1. The third kappa shape index (κ3) is 5.14. The van der Waals surface area contributed by atoms with Crippen molar-refractivity contribution in [2.24, 2.45) is 10.2 Å². The van der Waals surface area contributed by atoms with Gasteiger partial charge in [-0.15, -0.1) is 0 Å². The lowest BCUT2D eigenvalue weighted by Crippen LogP contribution is -2.22. The number of hydrogen-bond acceptors (Lipinski definition) is 2. The molecular formula is C17H28N2. The molecule has 0 bridgehead atoms. The van der Waals surface area contributed by atoms with Gasteiger partial charge in [-0.25, -0.2) is 0 Å². The number of aryl methyl sites for hydroxylation is 3. The smallest absolute Gasteiger partial charge is 0.0800 e. The van der Waals surface area contributed by atoms with E-state index < -0.39 is 0 Å². The SMILES string of the molecule is Cc1cc(C)c(CC(C)(C)N=NC(C)(C)C)c(C)c1. The normalized spacial score (nSPS) is 13.3. The summed E-state index contributed by atoms with van der Waals surface area (Å²) in [6.07, 6.45) is 0.935. The lowest BCUT2D eigenvalue weighted by molar-refractivity contribution is 0.435. The maximum atomic E-state index is 4.55. The third-order valence-corrected chi connectivity index (χ3v) is 3.07. The molecule has 1 aromatic rings. The van der Waals surface area contributed by atoms with E-state index in [9.17, 15) is 0 Å². The summed E-state index contributed by atoms with van der Waals surface area (Å²) in [5.74, 6) is 0. The first-order valence-electron chi connectivity index (χ1n) is 7.01. The minimum Gasteiger partial charge on any atom is -0.188 e. The van der Waals surface area contributed by atoms with E-state index >= 15 is 0 Å². The van der Waals surface area contributed by atoms with Gasteiger partial charge < -0.3 is 0 Å². The van der Waals surface area contributed by atoms with Crippen molar-refractivity contribution in [3.63, 3.8) is 0 Å². The Morgan fingerprint density at radius 1 is 0.842 bits per heavy atom. The predicted molar refractivity (Wildman–Crippen MR) is 83.0 cm³/mol. The first-order valence-corrected chi connectivity index (χ1v) is 7.01. The zero-order valence-corrected chi connectivity index (χ0v) is 13.8. The molecule has 19 heavy (non-hydrogen) atoms. The zero-order valence-electron chi connectivity index (χ0n) is 13.8. The quantitative estimate of drug-likeness (QED) is 0.669. The van der Waals surface area contributed by atoms with Crippen LogP contribution in [0.2, 0.25) is 0 Å². The number of azo groups is 1. The van der Waals surface area contributed by atoms with Gasteiger partial charge in [-0.3, -0.25) is 0 Å². The van der Waals surface area contributed by atoms with Crippen molar-refractivity contribution < 1.29 is 0 Å². The van der Waals surface area contributed by atoms with Gasteiger partial charge in [-0.1, -0.05) is 17.7 Å². The molecule has 0 aromatic heterocycles. The third-order valence-electron chi connectivity index (χ3n) is 3.07. The Morgan fingerprint density at radius 2 is 1.32 bits per heavy atom. The van der Waals surface area contributed by atoms with E-state index in [1.807, 2.05) is 0 Å². The van der Waals surface area contributed by atoms with E-state index in [2.05, 4.69) is 77.8 Å². The van der Waals surface area contributed by atoms with E-state index in [1.54, 1.807) is 0 Å². The summed E-state index contributed by atoms with van der Waals surface area (Å²) in [5.41, 5.74) is 5.19. The Bertz CT molecular complexity index is 454. The minimum atomic E-state index is -0.155. The molecule has 2 nitrogen and oxygen atoms in total. The first-order chi connectivity index (χ1) is 8.50. The van der Waals surface area contributed by atoms with Crippen LogP contribution in [0.1, 0.15) is 56.9 Å². The molecule has 0 spiro atoms. The number of nitrogens with zero attached hydrogens (tertiary/aromatic N) is 2. The van der Waals surface area contributed by atoms with Crippen LogP contribution in [-0.4, -0.2) is 11.1 Å². The van der Waals surface area contributed by atoms with Crippen LogP contribution >= 0.6 is 0 Å². The van der Waals surface area contributed by atoms with Gasteiger partial charge >= 0.3 is 0 Å². The first kappa shape index (κ1) is 15.9. The standard InChI is InChI=1S/C17H28N2/c1-12-9-13(2)15(14(3)10-12)11-17(7,8)19-18-16(4,5)6/h9-10H,11H2,1-8H3. The van der Waals surface area contributed by atoms with Crippen molar-refractivity contribution in [2.45, 2.75) is 72.9 Å². The monoisotopic (exact) mass is 260 g/mol. The van der Waals surface area contributed by atoms with Crippen LogP contribution in [0.15, 0.2) is 22.4 Å². The summed E-state index contributed by atoms with van der Waals surface area (Å²) in [4.78, 5) is 0. The Kier molecular flexibility index (Phi) is 4.54. The molecule has 0 aliphatic carbocycles. The highest BCUT2D eigenvalue weighted by Gasteiger charge is 2.21. The molecule has 0 atom stereocenters. The van der Waals surface area contributed by atoms with E-state index in [-0.39, 0.29) is 11.1 Å². The van der Waals surface area contributed by atoms with Gasteiger partial charge in [0.1, 0.15) is 0 Å². The molecule has 1 rings (SSSR count). The fourth-order valence-corrected chi connectivity index (χ4v) is 2.24. The number of hydrogen-bond donors (Lipinski definition) is 0. The molecule has 0 saturated carbocycles. The van der Waals surface area contributed by atoms with E-state index in [4.69, 9.17) is 0 Å². The van der Waals surface area contributed by atoms with Crippen LogP contribution in [0.3, 0.4) is 0 Å². The number of rotatable bonds is 3. The second kappa shape index (κ2) is 5.44. The van der Waals surface area contributed by atoms with E-state index in [0.717, 1.165) is 6.42 Å². The molecule has 0 unspecified atom stereocenters. The molecule has 0 saturated heterocycles. The van der Waals surface area contributed by atoms with Gasteiger partial charge in [-0.2, -0.15) is 10.2 Å². The Labute approximate surface area is 118 Å². The van der Waals surface area contributed by atoms with Crippen molar-refractivity contribution in [1.82, 2.24) is 0 Å². The van der Waals surface area contributed by atoms with Crippen molar-refractivity contribution in [3.8, 4) is 0 Å². The van der Waals surface area contributed by atoms with Gasteiger partial charge in [0.15, 0.2) is 0 Å². The Hall–Kier alpha value is -1.18. The fourth-order valence-electron chi connectivity index (χ4n) is 2.24. The molecule has 1 aromatic carbocycles. The fraction of sp³-hybridized carbons (Fsp3) is 0.647. The van der Waals surface area contributed by atoms with Crippen molar-refractivity contribution >= 4 is 0 Å². The van der Waals surface area contributed by atoms with E-state index in [1.165, 1.54) is 22.3 Å². The highest BCUT2D eigenvalue weighted by Crippen LogP contribution is 2.25. The predicted octanol–water partition coefficient (Wildman–Crippen LogP) is 5.18. The maximum Gasteiger partial charge on any atom is 0.0800 e. The second-order valence-electron chi connectivity index (χ2n) is 7.24. The average Bonchev–Trinajstić information content (AvgIpc) is 2.20. The van der Waals surface area contributed by atoms with Gasteiger partial charge in [0.25, 0.3) is 0 Å². The molecule has 0 radical (unpaired) electrons. The van der Waals surface area contributed by atoms with Gasteiger partial charge in [0, 0.05) is 0 Å². The molecule has 2 heteroatoms. The highest BCUT2D eigenvalue weighted by atomic mass is 15.2. The summed E-state index contributed by atoms with van der Waals surface area (Å²) in [6.45, 7) is 17.1. The Balaban J connectivity index is 2.99. The van der Waals surface area contributed by atoms with Crippen LogP contribution in [0.5, 0.6) is 0 Å². The van der Waals surface area contributed by atoms with Gasteiger partial charge in [-0.05, 0) is 78.5 Å². The van der Waals surface area contributed by atoms with Crippen LogP contribution in [0.25, 0.3) is 0 Å². The van der Waals surface area contributed by atoms with Crippen LogP contribution in [0.4, 0.5) is 0 Å². The molecule has 106 valence electrons. The van der Waals surface area contributed by atoms with Crippen LogP contribution < -0.4 is 0 Å². The molecule has 0 heterocycles. The van der Waals surface area contributed by atoms with Crippen LogP contribution in [0, 0.1) is 20.8 Å². The topological polar surface area (TPSA) is 24.7 Å². The molecular weight excluding hydrogens is 232 g/mol. The lowest BCUT2D eigenvalue weighted by atomic mass is 9.89. The van der Waals surface area contributed by atoms with Gasteiger partial charge in [0.05, 0.1) is 11.1 Å². The lowest BCUT2D eigenvalue weighted by Gasteiger charge is -2.23. The molecule has 0 amide bonds. The van der Waals surface area contributed by atoms with Crippen molar-refractivity contribution in [3.05, 3.63) is 34.4 Å². The Morgan fingerprint density at radius 3 is 1.74 bits per heavy atom. The molecule has 0 aliphatic heterocycles. The molecule has 0 N–H and O–H groups in total. The van der Waals surface area contributed by atoms with Crippen LogP contribution in [-0.2, 0) is 6.42 Å². The summed E-state index contributed by atoms with van der Waals surface area (Å²) in [7, 11) is 0. The van der Waals surface area contributed by atoms with Crippen molar-refractivity contribution in [1.29, 1.82) is 0 Å². The zero-order chi connectivity index (χ0) is 14.8. The average molecular weight is 260 g/mol.